The number of aromatic carboxylic acids is 1. The first-order chi connectivity index (χ1) is 6.07. The zero-order valence-corrected chi connectivity index (χ0v) is 7.69. The molecular formula is C8H13N3O2. The van der Waals surface area contributed by atoms with Crippen molar-refractivity contribution in [3.8, 4) is 0 Å². The van der Waals surface area contributed by atoms with Crippen LogP contribution in [0.4, 0.5) is 5.82 Å². The molecule has 0 aromatic carbocycles. The van der Waals surface area contributed by atoms with E-state index in [0.29, 0.717) is 0 Å². The van der Waals surface area contributed by atoms with Crippen molar-refractivity contribution >= 4 is 11.8 Å². The highest BCUT2D eigenvalue weighted by Crippen LogP contribution is 2.18. The van der Waals surface area contributed by atoms with E-state index in [2.05, 4.69) is 5.10 Å². The molecule has 1 unspecified atom stereocenters. The lowest BCUT2D eigenvalue weighted by Gasteiger charge is -2.10. The smallest absolute Gasteiger partial charge is 0.341 e. The molecule has 0 aliphatic carbocycles. The molecule has 1 atom stereocenters. The highest BCUT2D eigenvalue weighted by Gasteiger charge is 2.15. The fourth-order valence-corrected chi connectivity index (χ4v) is 1.06. The first kappa shape index (κ1) is 9.57. The van der Waals surface area contributed by atoms with Gasteiger partial charge in [-0.05, 0) is 13.3 Å². The number of carbonyl (C=O) groups is 1. The summed E-state index contributed by atoms with van der Waals surface area (Å²) < 4.78 is 1.53. The Morgan fingerprint density at radius 2 is 2.46 bits per heavy atom. The van der Waals surface area contributed by atoms with E-state index in [-0.39, 0.29) is 17.4 Å². The van der Waals surface area contributed by atoms with E-state index in [0.717, 1.165) is 6.42 Å². The second-order valence-corrected chi connectivity index (χ2v) is 2.95. The Morgan fingerprint density at radius 1 is 1.85 bits per heavy atom. The first-order valence-electron chi connectivity index (χ1n) is 4.14. The van der Waals surface area contributed by atoms with Gasteiger partial charge in [-0.15, -0.1) is 0 Å². The van der Waals surface area contributed by atoms with Gasteiger partial charge in [0.15, 0.2) is 0 Å². The third kappa shape index (κ3) is 1.63. The van der Waals surface area contributed by atoms with Gasteiger partial charge in [0, 0.05) is 0 Å². The summed E-state index contributed by atoms with van der Waals surface area (Å²) in [4.78, 5) is 10.6. The third-order valence-corrected chi connectivity index (χ3v) is 2.07. The minimum atomic E-state index is -1.04. The minimum absolute atomic E-state index is 0.0697. The van der Waals surface area contributed by atoms with E-state index in [1.165, 1.54) is 10.9 Å². The van der Waals surface area contributed by atoms with Crippen molar-refractivity contribution in [2.24, 2.45) is 0 Å². The maximum absolute atomic E-state index is 10.6. The van der Waals surface area contributed by atoms with Gasteiger partial charge in [-0.1, -0.05) is 6.92 Å². The topological polar surface area (TPSA) is 81.1 Å². The maximum Gasteiger partial charge on any atom is 0.341 e. The molecule has 5 nitrogen and oxygen atoms in total. The van der Waals surface area contributed by atoms with Crippen molar-refractivity contribution in [1.82, 2.24) is 9.78 Å². The van der Waals surface area contributed by atoms with Gasteiger partial charge in [-0.3, -0.25) is 0 Å². The second kappa shape index (κ2) is 3.47. The van der Waals surface area contributed by atoms with E-state index in [1.54, 1.807) is 0 Å². The molecule has 0 amide bonds. The lowest BCUT2D eigenvalue weighted by molar-refractivity contribution is 0.0698. The SMILES string of the molecule is CCC(C)n1ncc(C(=O)O)c1N. The van der Waals surface area contributed by atoms with E-state index in [9.17, 15) is 4.79 Å². The fourth-order valence-electron chi connectivity index (χ4n) is 1.06. The minimum Gasteiger partial charge on any atom is -0.477 e. The van der Waals surface area contributed by atoms with Crippen LogP contribution in [-0.2, 0) is 0 Å². The van der Waals surface area contributed by atoms with Gasteiger partial charge in [-0.25, -0.2) is 9.48 Å². The standard InChI is InChI=1S/C8H13N3O2/c1-3-5(2)11-7(9)6(4-10-11)8(12)13/h4-5H,3,9H2,1-2H3,(H,12,13). The van der Waals surface area contributed by atoms with Gasteiger partial charge in [-0.2, -0.15) is 5.10 Å². The molecule has 0 bridgehead atoms. The van der Waals surface area contributed by atoms with Crippen LogP contribution in [0.5, 0.6) is 0 Å². The average Bonchev–Trinajstić information content (AvgIpc) is 2.46. The summed E-state index contributed by atoms with van der Waals surface area (Å²) in [6, 6.07) is 0.132. The Kier molecular flexibility index (Phi) is 2.55. The van der Waals surface area contributed by atoms with Crippen molar-refractivity contribution in [2.45, 2.75) is 26.3 Å². The monoisotopic (exact) mass is 183 g/mol. The van der Waals surface area contributed by atoms with Crippen molar-refractivity contribution in [2.75, 3.05) is 5.73 Å². The van der Waals surface area contributed by atoms with E-state index >= 15 is 0 Å². The molecule has 5 heteroatoms. The number of nitrogen functional groups attached to an aromatic ring is 1. The molecule has 0 aliphatic rings. The van der Waals surface area contributed by atoms with Crippen LogP contribution in [0.15, 0.2) is 6.20 Å². The Bertz CT molecular complexity index is 319. The molecule has 13 heavy (non-hydrogen) atoms. The van der Waals surface area contributed by atoms with Gasteiger partial charge in [0.1, 0.15) is 11.4 Å². The Hall–Kier alpha value is -1.52. The van der Waals surface area contributed by atoms with Crippen LogP contribution in [0, 0.1) is 0 Å². The van der Waals surface area contributed by atoms with E-state index in [1.807, 2.05) is 13.8 Å². The summed E-state index contributed by atoms with van der Waals surface area (Å²) in [6.07, 6.45) is 2.15. The van der Waals surface area contributed by atoms with E-state index in [4.69, 9.17) is 10.8 Å². The quantitative estimate of drug-likeness (QED) is 0.736. The van der Waals surface area contributed by atoms with Crippen LogP contribution < -0.4 is 5.73 Å². The lowest BCUT2D eigenvalue weighted by Crippen LogP contribution is -2.10. The molecule has 1 heterocycles. The summed E-state index contributed by atoms with van der Waals surface area (Å²) in [5.41, 5.74) is 5.67. The Labute approximate surface area is 76.2 Å². The van der Waals surface area contributed by atoms with Crippen molar-refractivity contribution in [1.29, 1.82) is 0 Å². The fraction of sp³-hybridized carbons (Fsp3) is 0.500. The molecule has 1 rings (SSSR count). The summed E-state index contributed by atoms with van der Waals surface area (Å²) in [5, 5.41) is 12.6. The van der Waals surface area contributed by atoms with Crippen molar-refractivity contribution in [3.05, 3.63) is 11.8 Å². The number of hydrogen-bond acceptors (Lipinski definition) is 3. The van der Waals surface area contributed by atoms with Crippen LogP contribution >= 0.6 is 0 Å². The van der Waals surface area contributed by atoms with Crippen LogP contribution in [-0.4, -0.2) is 20.9 Å². The number of carboxylic acids is 1. The number of nitrogens with two attached hydrogens (primary N) is 1. The molecule has 0 saturated heterocycles. The summed E-state index contributed by atoms with van der Waals surface area (Å²) in [5.74, 6) is -0.811. The molecular weight excluding hydrogens is 170 g/mol. The molecule has 0 radical (unpaired) electrons. The number of aromatic nitrogens is 2. The number of carboxylic acid groups (broad SMARTS) is 1. The van der Waals surface area contributed by atoms with Gasteiger partial charge >= 0.3 is 5.97 Å². The number of rotatable bonds is 3. The van der Waals surface area contributed by atoms with Crippen LogP contribution in [0.1, 0.15) is 36.7 Å². The Balaban J connectivity index is 3.06. The van der Waals surface area contributed by atoms with Gasteiger partial charge in [0.25, 0.3) is 0 Å². The predicted molar refractivity (Wildman–Crippen MR) is 48.6 cm³/mol. The predicted octanol–water partition coefficient (Wildman–Crippen LogP) is 1.13. The highest BCUT2D eigenvalue weighted by atomic mass is 16.4. The first-order valence-corrected chi connectivity index (χ1v) is 4.14. The molecule has 3 N–H and O–H groups in total. The van der Waals surface area contributed by atoms with Gasteiger partial charge in [0.2, 0.25) is 0 Å². The molecule has 1 aromatic rings. The number of hydrogen-bond donors (Lipinski definition) is 2. The second-order valence-electron chi connectivity index (χ2n) is 2.95. The van der Waals surface area contributed by atoms with Crippen molar-refractivity contribution < 1.29 is 9.90 Å². The summed E-state index contributed by atoms with van der Waals surface area (Å²) in [6.45, 7) is 3.93. The zero-order valence-electron chi connectivity index (χ0n) is 7.69. The Morgan fingerprint density at radius 3 is 2.85 bits per heavy atom. The van der Waals surface area contributed by atoms with E-state index < -0.39 is 5.97 Å². The molecule has 72 valence electrons. The third-order valence-electron chi connectivity index (χ3n) is 2.07. The zero-order chi connectivity index (χ0) is 10.0. The molecule has 1 aromatic heterocycles. The van der Waals surface area contributed by atoms with Crippen LogP contribution in [0.25, 0.3) is 0 Å². The molecule has 0 saturated carbocycles. The number of anilines is 1. The summed E-state index contributed by atoms with van der Waals surface area (Å²) in [7, 11) is 0. The maximum atomic E-state index is 10.6. The average molecular weight is 183 g/mol. The normalized spacial score (nSPS) is 12.8. The molecule has 0 fully saturated rings. The van der Waals surface area contributed by atoms with Gasteiger partial charge < -0.3 is 10.8 Å². The van der Waals surface area contributed by atoms with Crippen LogP contribution in [0.2, 0.25) is 0 Å². The molecule has 0 aliphatic heterocycles. The number of nitrogens with zero attached hydrogens (tertiary/aromatic N) is 2. The van der Waals surface area contributed by atoms with Gasteiger partial charge in [0.05, 0.1) is 12.2 Å². The highest BCUT2D eigenvalue weighted by molar-refractivity contribution is 5.92. The van der Waals surface area contributed by atoms with Crippen LogP contribution in [0.3, 0.4) is 0 Å². The summed E-state index contributed by atoms with van der Waals surface area (Å²) >= 11 is 0. The lowest BCUT2D eigenvalue weighted by atomic mass is 10.2. The largest absolute Gasteiger partial charge is 0.477 e. The molecule has 0 spiro atoms. The van der Waals surface area contributed by atoms with Crippen molar-refractivity contribution in [3.63, 3.8) is 0 Å².